The molecule has 0 radical (unpaired) electrons. The highest BCUT2D eigenvalue weighted by atomic mass is 32.2. The second kappa shape index (κ2) is 7.21. The van der Waals surface area contributed by atoms with Crippen LogP contribution in [0.5, 0.6) is 0 Å². The van der Waals surface area contributed by atoms with E-state index in [2.05, 4.69) is 31.4 Å². The van der Waals surface area contributed by atoms with Gasteiger partial charge in [0.25, 0.3) is 0 Å². The fourth-order valence-electron chi connectivity index (χ4n) is 2.76. The SMILES string of the molecule is C#Cc1cnc(-c2ccc(C[SH](=O)=O)cc2)nc1Nc1cc(C2CC2)[nH]n1. The predicted molar refractivity (Wildman–Crippen MR) is 103 cm³/mol. The Hall–Kier alpha value is -3.18. The summed E-state index contributed by atoms with van der Waals surface area (Å²) in [6, 6.07) is 9.06. The van der Waals surface area contributed by atoms with Crippen LogP contribution in [0.3, 0.4) is 0 Å². The number of benzene rings is 1. The van der Waals surface area contributed by atoms with Crippen molar-refractivity contribution in [2.45, 2.75) is 24.5 Å². The number of anilines is 2. The van der Waals surface area contributed by atoms with Gasteiger partial charge in [0.15, 0.2) is 17.5 Å². The topological polar surface area (TPSA) is 101 Å². The summed E-state index contributed by atoms with van der Waals surface area (Å²) in [5, 5.41) is 10.5. The highest BCUT2D eigenvalue weighted by Gasteiger charge is 2.25. The van der Waals surface area contributed by atoms with E-state index in [4.69, 9.17) is 6.42 Å². The second-order valence-electron chi connectivity index (χ2n) is 6.40. The molecule has 0 spiro atoms. The summed E-state index contributed by atoms with van der Waals surface area (Å²) in [6.07, 6.45) is 9.52. The van der Waals surface area contributed by atoms with Crippen molar-refractivity contribution in [3.63, 3.8) is 0 Å². The van der Waals surface area contributed by atoms with E-state index in [1.54, 1.807) is 30.5 Å². The summed E-state index contributed by atoms with van der Waals surface area (Å²) in [4.78, 5) is 8.85. The molecule has 1 aliphatic rings. The van der Waals surface area contributed by atoms with Crippen molar-refractivity contribution < 1.29 is 8.42 Å². The van der Waals surface area contributed by atoms with Crippen molar-refractivity contribution in [2.24, 2.45) is 0 Å². The van der Waals surface area contributed by atoms with Crippen LogP contribution in [0.1, 0.15) is 35.6 Å². The summed E-state index contributed by atoms with van der Waals surface area (Å²) < 4.78 is 21.7. The maximum absolute atomic E-state index is 10.8. The van der Waals surface area contributed by atoms with E-state index in [1.807, 2.05) is 6.07 Å². The highest BCUT2D eigenvalue weighted by Crippen LogP contribution is 2.39. The van der Waals surface area contributed by atoms with Crippen LogP contribution in [0, 0.1) is 12.3 Å². The lowest BCUT2D eigenvalue weighted by Crippen LogP contribution is -2.01. The average molecular weight is 379 g/mol. The molecule has 4 rings (SSSR count). The lowest BCUT2D eigenvalue weighted by atomic mass is 10.1. The molecule has 2 aromatic heterocycles. The molecule has 0 amide bonds. The molecule has 8 heteroatoms. The Morgan fingerprint density at radius 2 is 2.04 bits per heavy atom. The van der Waals surface area contributed by atoms with E-state index in [1.165, 1.54) is 12.8 Å². The van der Waals surface area contributed by atoms with Gasteiger partial charge in [0.05, 0.1) is 11.3 Å². The molecule has 0 bridgehead atoms. The Labute approximate surface area is 158 Å². The number of hydrogen-bond acceptors (Lipinski definition) is 6. The van der Waals surface area contributed by atoms with Gasteiger partial charge >= 0.3 is 0 Å². The molecule has 136 valence electrons. The maximum atomic E-state index is 10.8. The van der Waals surface area contributed by atoms with Gasteiger partial charge in [-0.1, -0.05) is 30.2 Å². The molecule has 0 atom stereocenters. The van der Waals surface area contributed by atoms with Gasteiger partial charge in [0.2, 0.25) is 0 Å². The van der Waals surface area contributed by atoms with Crippen molar-refractivity contribution in [3.05, 3.63) is 53.3 Å². The third-order valence-electron chi connectivity index (χ3n) is 4.33. The van der Waals surface area contributed by atoms with Gasteiger partial charge in [-0.05, 0) is 18.4 Å². The molecule has 7 nitrogen and oxygen atoms in total. The molecule has 0 aliphatic heterocycles. The minimum atomic E-state index is -2.45. The first-order valence-corrected chi connectivity index (χ1v) is 9.86. The van der Waals surface area contributed by atoms with E-state index >= 15 is 0 Å². The van der Waals surface area contributed by atoms with Crippen LogP contribution in [0.25, 0.3) is 11.4 Å². The first-order valence-electron chi connectivity index (χ1n) is 8.49. The smallest absolute Gasteiger partial charge is 0.161 e. The van der Waals surface area contributed by atoms with E-state index < -0.39 is 10.7 Å². The number of nitrogens with one attached hydrogen (secondary N) is 2. The van der Waals surface area contributed by atoms with Crippen molar-refractivity contribution in [3.8, 4) is 23.7 Å². The van der Waals surface area contributed by atoms with Gasteiger partial charge in [0.1, 0.15) is 10.7 Å². The van der Waals surface area contributed by atoms with Crippen LogP contribution in [0.2, 0.25) is 0 Å². The number of aromatic nitrogens is 4. The highest BCUT2D eigenvalue weighted by molar-refractivity contribution is 7.71. The molecular formula is C19H17N5O2S. The zero-order valence-corrected chi connectivity index (χ0v) is 15.2. The molecule has 0 saturated heterocycles. The Balaban J connectivity index is 1.60. The Kier molecular flexibility index (Phi) is 4.60. The van der Waals surface area contributed by atoms with Crippen molar-refractivity contribution in [1.82, 2.24) is 20.2 Å². The predicted octanol–water partition coefficient (Wildman–Crippen LogP) is 2.58. The number of aromatic amines is 1. The van der Waals surface area contributed by atoms with E-state index in [0.29, 0.717) is 28.9 Å². The van der Waals surface area contributed by atoms with Gasteiger partial charge in [-0.3, -0.25) is 5.10 Å². The monoisotopic (exact) mass is 379 g/mol. The van der Waals surface area contributed by atoms with E-state index in [9.17, 15) is 8.42 Å². The lowest BCUT2D eigenvalue weighted by molar-refractivity contribution is 0.614. The van der Waals surface area contributed by atoms with Crippen LogP contribution in [-0.2, 0) is 16.5 Å². The van der Waals surface area contributed by atoms with Gasteiger partial charge in [-0.25, -0.2) is 18.4 Å². The summed E-state index contributed by atoms with van der Waals surface area (Å²) in [6.45, 7) is 0. The third kappa shape index (κ3) is 3.99. The quantitative estimate of drug-likeness (QED) is 0.450. The number of nitrogens with zero attached hydrogens (tertiary/aromatic N) is 3. The molecule has 1 aliphatic carbocycles. The number of hydrogen-bond donors (Lipinski definition) is 3. The Morgan fingerprint density at radius 1 is 1.26 bits per heavy atom. The number of thiol groups is 1. The van der Waals surface area contributed by atoms with Gasteiger partial charge in [-0.2, -0.15) is 5.10 Å². The number of terminal acetylenes is 1. The summed E-state index contributed by atoms with van der Waals surface area (Å²) in [7, 11) is -2.45. The van der Waals surface area contributed by atoms with Crippen LogP contribution >= 0.6 is 0 Å². The van der Waals surface area contributed by atoms with Crippen LogP contribution in [0.4, 0.5) is 11.6 Å². The van der Waals surface area contributed by atoms with Crippen LogP contribution in [0.15, 0.2) is 36.5 Å². The molecule has 3 aromatic rings. The molecule has 2 heterocycles. The summed E-state index contributed by atoms with van der Waals surface area (Å²) >= 11 is 0. The zero-order valence-electron chi connectivity index (χ0n) is 14.3. The second-order valence-corrected chi connectivity index (χ2v) is 7.38. The summed E-state index contributed by atoms with van der Waals surface area (Å²) in [5.74, 6) is 4.82. The van der Waals surface area contributed by atoms with Crippen LogP contribution < -0.4 is 5.32 Å². The zero-order chi connectivity index (χ0) is 18.8. The number of H-pyrrole nitrogens is 1. The van der Waals surface area contributed by atoms with Gasteiger partial charge in [-0.15, -0.1) is 6.42 Å². The summed E-state index contributed by atoms with van der Waals surface area (Å²) in [5.41, 5.74) is 3.14. The number of rotatable bonds is 6. The van der Waals surface area contributed by atoms with E-state index in [0.717, 1.165) is 16.8 Å². The van der Waals surface area contributed by atoms with Gasteiger partial charge in [0, 0.05) is 29.4 Å². The normalized spacial score (nSPS) is 13.5. The molecule has 2 N–H and O–H groups in total. The first kappa shape index (κ1) is 17.2. The molecule has 27 heavy (non-hydrogen) atoms. The Morgan fingerprint density at radius 3 is 2.70 bits per heavy atom. The minimum absolute atomic E-state index is 0.0157. The van der Waals surface area contributed by atoms with Crippen LogP contribution in [-0.4, -0.2) is 28.6 Å². The lowest BCUT2D eigenvalue weighted by Gasteiger charge is -2.08. The minimum Gasteiger partial charge on any atom is -0.322 e. The largest absolute Gasteiger partial charge is 0.322 e. The van der Waals surface area contributed by atoms with Crippen molar-refractivity contribution >= 4 is 22.3 Å². The molecule has 1 aromatic carbocycles. The van der Waals surface area contributed by atoms with Gasteiger partial charge < -0.3 is 5.32 Å². The molecule has 1 saturated carbocycles. The fraction of sp³-hybridized carbons (Fsp3) is 0.211. The maximum Gasteiger partial charge on any atom is 0.161 e. The fourth-order valence-corrected chi connectivity index (χ4v) is 3.26. The third-order valence-corrected chi connectivity index (χ3v) is 4.95. The Bertz CT molecular complexity index is 1080. The first-order chi connectivity index (χ1) is 13.1. The van der Waals surface area contributed by atoms with E-state index in [-0.39, 0.29) is 5.75 Å². The van der Waals surface area contributed by atoms with Crippen molar-refractivity contribution in [1.29, 1.82) is 0 Å². The molecule has 1 fully saturated rings. The molecule has 0 unspecified atom stereocenters. The van der Waals surface area contributed by atoms with Crippen molar-refractivity contribution in [2.75, 3.05) is 5.32 Å². The average Bonchev–Trinajstić information content (AvgIpc) is 3.41. The standard InChI is InChI=1S/C19H17N5O2S/c1-2-13-10-20-18(15-5-3-12(4-6-15)11-27(25)26)22-19(13)21-17-9-16(23-24-17)14-7-8-14/h1,3-6,9-10,14,27H,7-8,11H2,(H2,20,21,22,23,24). The molecular weight excluding hydrogens is 362 g/mol.